The van der Waals surface area contributed by atoms with Gasteiger partial charge in [0, 0.05) is 91.2 Å². The molecule has 2 saturated heterocycles. The van der Waals surface area contributed by atoms with E-state index in [-0.39, 0.29) is 11.3 Å². The maximum absolute atomic E-state index is 13.4. The van der Waals surface area contributed by atoms with Crippen LogP contribution in [0.25, 0.3) is 22.2 Å². The molecule has 4 aromatic rings. The molecule has 2 aromatic carbocycles. The number of amides is 1. The Hall–Kier alpha value is -5.20. The topological polar surface area (TPSA) is 114 Å². The van der Waals surface area contributed by atoms with Gasteiger partial charge in [-0.05, 0) is 74.3 Å². The van der Waals surface area contributed by atoms with Gasteiger partial charge in [0.2, 0.25) is 11.9 Å². The number of amidine groups is 1. The maximum atomic E-state index is 13.4. The molecule has 2 N–H and O–H groups in total. The molecule has 6 rings (SSSR count). The van der Waals surface area contributed by atoms with Crippen LogP contribution in [0.15, 0.2) is 95.8 Å². The number of aromatic nitrogens is 3. The number of carbonyl (C=O) groups is 1. The number of hydrogen-bond acceptors (Lipinski definition) is 8. The highest BCUT2D eigenvalue weighted by Gasteiger charge is 2.42. The Bertz CT molecular complexity index is 1830. The van der Waals surface area contributed by atoms with E-state index in [2.05, 4.69) is 60.2 Å². The Morgan fingerprint density at radius 2 is 1.86 bits per heavy atom. The average Bonchev–Trinajstić information content (AvgIpc) is 3.76. The number of hydrogen-bond donors (Lipinski definition) is 2. The molecule has 12 heteroatoms. The second-order valence-corrected chi connectivity index (χ2v) is 12.2. The van der Waals surface area contributed by atoms with Crippen LogP contribution in [0.5, 0.6) is 0 Å². The molecule has 2 fully saturated rings. The number of aliphatic imine (C=N–C) groups is 2. The maximum Gasteiger partial charge on any atom is 0.236 e. The van der Waals surface area contributed by atoms with Crippen LogP contribution in [0.1, 0.15) is 25.8 Å². The number of likely N-dealkylation sites (tertiary alicyclic amines) is 1. The van der Waals surface area contributed by atoms with Gasteiger partial charge < -0.3 is 19.9 Å². The van der Waals surface area contributed by atoms with Gasteiger partial charge in [0.15, 0.2) is 5.84 Å². The number of anilines is 2. The predicted octanol–water partition coefficient (Wildman–Crippen LogP) is 5.99. The molecule has 11 nitrogen and oxygen atoms in total. The summed E-state index contributed by atoms with van der Waals surface area (Å²) < 4.78 is 19.1. The van der Waals surface area contributed by atoms with Crippen LogP contribution in [-0.2, 0) is 9.53 Å². The number of methoxy groups -OCH3 is 1. The number of pyridine rings is 1. The Balaban J connectivity index is 0.00000239. The summed E-state index contributed by atoms with van der Waals surface area (Å²) in [6, 6.07) is 17.0. The molecular formula is C38H46FN9O2. The minimum atomic E-state index is -0.537. The smallest absolute Gasteiger partial charge is 0.236 e. The standard InChI is InChI=1S/C36H40FN9O2.C2H6/c1-5-39-35(38-3)26-6-10-29(11-7-26)45-16-18-46(19-17-45)33(47)22-44-15-14-36(23-44,24-48-4)25(2)41-28-9-12-31-30(20-28)34(43-42-31)27-8-13-32(37)40-21-27;1-2/h5-13,20-21,41H,1-3,14-19,22-24H2,4H3,(H,42,43);1-2H3/t36-;/m1./s1. The minimum Gasteiger partial charge on any atom is -0.384 e. The molecule has 262 valence electrons. The number of aromatic amines is 1. The van der Waals surface area contributed by atoms with E-state index in [1.54, 1.807) is 13.2 Å². The lowest BCUT2D eigenvalue weighted by Crippen LogP contribution is -2.51. The number of ether oxygens (including phenoxy) is 1. The largest absolute Gasteiger partial charge is 0.384 e. The quantitative estimate of drug-likeness (QED) is 0.114. The van der Waals surface area contributed by atoms with Crippen LogP contribution >= 0.6 is 0 Å². The van der Waals surface area contributed by atoms with Crippen molar-refractivity contribution in [3.63, 3.8) is 0 Å². The molecule has 0 saturated carbocycles. The summed E-state index contributed by atoms with van der Waals surface area (Å²) in [5.74, 6) is 0.131. The number of H-pyrrole nitrogens is 1. The Morgan fingerprint density at radius 3 is 2.52 bits per heavy atom. The first-order chi connectivity index (χ1) is 24.3. The van der Waals surface area contributed by atoms with Crippen molar-refractivity contribution < 1.29 is 13.9 Å². The zero-order valence-corrected chi connectivity index (χ0v) is 29.2. The van der Waals surface area contributed by atoms with Crippen LogP contribution in [-0.4, -0.2) is 103 Å². The summed E-state index contributed by atoms with van der Waals surface area (Å²) in [7, 11) is 1.69. The lowest BCUT2D eigenvalue weighted by molar-refractivity contribution is -0.132. The number of carbonyl (C=O) groups excluding carboxylic acids is 1. The van der Waals surface area contributed by atoms with Crippen molar-refractivity contribution in [1.29, 1.82) is 0 Å². The number of nitrogens with zero attached hydrogens (tertiary/aromatic N) is 7. The molecule has 0 radical (unpaired) electrons. The fraction of sp³-hybridized carbons (Fsp3) is 0.342. The predicted molar refractivity (Wildman–Crippen MR) is 200 cm³/mol. The van der Waals surface area contributed by atoms with Crippen LogP contribution < -0.4 is 10.2 Å². The Kier molecular flexibility index (Phi) is 11.9. The Morgan fingerprint density at radius 1 is 1.10 bits per heavy atom. The van der Waals surface area contributed by atoms with Gasteiger partial charge in [-0.25, -0.2) is 15.0 Å². The fourth-order valence-corrected chi connectivity index (χ4v) is 6.58. The van der Waals surface area contributed by atoms with Gasteiger partial charge >= 0.3 is 0 Å². The summed E-state index contributed by atoms with van der Waals surface area (Å²) in [5, 5.41) is 11.9. The van der Waals surface area contributed by atoms with Crippen molar-refractivity contribution in [2.24, 2.45) is 15.4 Å². The SMILES string of the molecule is C=CN=C(N=C)c1ccc(N2CCN(C(=O)CN3CC[C@@](COC)(C(=C)Nc4ccc5[nH]nc(-c6ccc(F)nc6)c5c4)C3)CC2)cc1.CC. The monoisotopic (exact) mass is 679 g/mol. The first-order valence-corrected chi connectivity index (χ1v) is 16.9. The summed E-state index contributed by atoms with van der Waals surface area (Å²) >= 11 is 0. The Labute approximate surface area is 293 Å². The highest BCUT2D eigenvalue weighted by atomic mass is 19.1. The van der Waals surface area contributed by atoms with E-state index >= 15 is 0 Å². The number of halogens is 1. The van der Waals surface area contributed by atoms with E-state index in [4.69, 9.17) is 4.74 Å². The van der Waals surface area contributed by atoms with Crippen LogP contribution in [0.4, 0.5) is 15.8 Å². The van der Waals surface area contributed by atoms with Crippen molar-refractivity contribution in [2.75, 3.05) is 69.7 Å². The first kappa shape index (κ1) is 36.1. The summed E-state index contributed by atoms with van der Waals surface area (Å²) in [6.45, 7) is 20.7. The molecule has 0 bridgehead atoms. The van der Waals surface area contributed by atoms with E-state index in [0.29, 0.717) is 44.3 Å². The minimum absolute atomic E-state index is 0.132. The van der Waals surface area contributed by atoms with Gasteiger partial charge in [-0.15, -0.1) is 0 Å². The van der Waals surface area contributed by atoms with Gasteiger partial charge in [0.1, 0.15) is 5.69 Å². The van der Waals surface area contributed by atoms with Gasteiger partial charge in [0.05, 0.1) is 18.7 Å². The normalized spacial score (nSPS) is 18.0. The van der Waals surface area contributed by atoms with Crippen molar-refractivity contribution in [2.45, 2.75) is 20.3 Å². The molecule has 0 unspecified atom stereocenters. The average molecular weight is 680 g/mol. The lowest BCUT2D eigenvalue weighted by atomic mass is 9.84. The second-order valence-electron chi connectivity index (χ2n) is 12.2. The molecule has 0 aliphatic carbocycles. The van der Waals surface area contributed by atoms with Crippen molar-refractivity contribution in [3.05, 3.63) is 97.4 Å². The van der Waals surface area contributed by atoms with E-state index in [1.807, 2.05) is 61.2 Å². The third kappa shape index (κ3) is 7.98. The molecule has 50 heavy (non-hydrogen) atoms. The third-order valence-corrected chi connectivity index (χ3v) is 9.20. The number of piperazine rings is 1. The van der Waals surface area contributed by atoms with Crippen LogP contribution in [0, 0.1) is 11.4 Å². The zero-order chi connectivity index (χ0) is 35.7. The summed E-state index contributed by atoms with van der Waals surface area (Å²) in [5.41, 5.74) is 5.56. The van der Waals surface area contributed by atoms with E-state index < -0.39 is 5.95 Å². The highest BCUT2D eigenvalue weighted by Crippen LogP contribution is 2.38. The summed E-state index contributed by atoms with van der Waals surface area (Å²) in [6.07, 6.45) is 3.74. The molecule has 2 aromatic heterocycles. The molecule has 1 amide bonds. The van der Waals surface area contributed by atoms with Crippen molar-refractivity contribution in [1.82, 2.24) is 25.0 Å². The van der Waals surface area contributed by atoms with Gasteiger partial charge in [-0.1, -0.05) is 27.0 Å². The van der Waals surface area contributed by atoms with Gasteiger partial charge in [-0.2, -0.15) is 9.49 Å². The molecular weight excluding hydrogens is 633 g/mol. The van der Waals surface area contributed by atoms with Gasteiger partial charge in [0.25, 0.3) is 0 Å². The molecule has 0 spiro atoms. The molecule has 2 aliphatic heterocycles. The van der Waals surface area contributed by atoms with Crippen molar-refractivity contribution >= 4 is 40.7 Å². The number of rotatable bonds is 11. The van der Waals surface area contributed by atoms with Crippen LogP contribution in [0.2, 0.25) is 0 Å². The molecule has 2 aliphatic rings. The lowest BCUT2D eigenvalue weighted by Gasteiger charge is -2.37. The number of nitrogens with one attached hydrogen (secondary N) is 2. The highest BCUT2D eigenvalue weighted by molar-refractivity contribution is 6.02. The summed E-state index contributed by atoms with van der Waals surface area (Å²) in [4.78, 5) is 31.8. The number of benzene rings is 2. The van der Waals surface area contributed by atoms with Crippen molar-refractivity contribution in [3.8, 4) is 11.3 Å². The fourth-order valence-electron chi connectivity index (χ4n) is 6.58. The van der Waals surface area contributed by atoms with Gasteiger partial charge in [-0.3, -0.25) is 14.8 Å². The van der Waals surface area contributed by atoms with E-state index in [1.165, 1.54) is 18.5 Å². The molecule has 4 heterocycles. The first-order valence-electron chi connectivity index (χ1n) is 16.9. The van der Waals surface area contributed by atoms with E-state index in [9.17, 15) is 9.18 Å². The zero-order valence-electron chi connectivity index (χ0n) is 29.2. The number of fused-ring (bicyclic) bond motifs is 1. The molecule has 1 atom stereocenters. The van der Waals surface area contributed by atoms with Crippen LogP contribution in [0.3, 0.4) is 0 Å². The van der Waals surface area contributed by atoms with E-state index in [0.717, 1.165) is 65.2 Å². The second kappa shape index (κ2) is 16.5. The third-order valence-electron chi connectivity index (χ3n) is 9.20.